The van der Waals surface area contributed by atoms with Gasteiger partial charge in [0.25, 0.3) is 5.69 Å². The molecule has 5 rings (SSSR count). The molecule has 3 aromatic rings. The fourth-order valence-electron chi connectivity index (χ4n) is 5.85. The smallest absolute Gasteiger partial charge is 0.269 e. The number of nitro benzene ring substituents is 1. The van der Waals surface area contributed by atoms with Crippen molar-refractivity contribution in [2.45, 2.75) is 46.1 Å². The molecule has 2 fully saturated rings. The standard InChI is InChI=1S/C24H26N4O2/c1-23(2)12-18-13-24(3,14-23)15-27(18)22-19-6-4-5-7-20(19)25-21(26-22)16-8-10-17(11-9-16)28(29)30/h4-11,18H,12-15H2,1-3H3/t18-,24-/m0/s1. The molecule has 2 aromatic carbocycles. The third-order valence-corrected chi connectivity index (χ3v) is 6.61. The molecule has 1 aliphatic heterocycles. The zero-order chi connectivity index (χ0) is 21.1. The number of non-ortho nitro benzene ring substituents is 1. The number of para-hydroxylation sites is 1. The van der Waals surface area contributed by atoms with E-state index < -0.39 is 0 Å². The number of hydrogen-bond donors (Lipinski definition) is 0. The molecule has 0 unspecified atom stereocenters. The Morgan fingerprint density at radius 3 is 2.50 bits per heavy atom. The molecule has 6 nitrogen and oxygen atoms in total. The van der Waals surface area contributed by atoms with Crippen molar-refractivity contribution in [1.29, 1.82) is 0 Å². The number of nitrogens with zero attached hydrogens (tertiary/aromatic N) is 4. The molecule has 2 bridgehead atoms. The van der Waals surface area contributed by atoms with Gasteiger partial charge in [-0.15, -0.1) is 0 Å². The van der Waals surface area contributed by atoms with Crippen LogP contribution in [0, 0.1) is 20.9 Å². The maximum absolute atomic E-state index is 11.0. The third-order valence-electron chi connectivity index (χ3n) is 6.61. The van der Waals surface area contributed by atoms with Crippen LogP contribution in [0.1, 0.15) is 40.0 Å². The van der Waals surface area contributed by atoms with Crippen molar-refractivity contribution in [1.82, 2.24) is 9.97 Å². The van der Waals surface area contributed by atoms with Gasteiger partial charge in [0.15, 0.2) is 5.82 Å². The zero-order valence-corrected chi connectivity index (χ0v) is 17.6. The van der Waals surface area contributed by atoms with E-state index in [1.54, 1.807) is 12.1 Å². The van der Waals surface area contributed by atoms with E-state index in [-0.39, 0.29) is 10.6 Å². The second-order valence-corrected chi connectivity index (χ2v) is 10.0. The number of nitro groups is 1. The number of fused-ring (bicyclic) bond motifs is 3. The average molecular weight is 402 g/mol. The van der Waals surface area contributed by atoms with Gasteiger partial charge in [-0.25, -0.2) is 9.97 Å². The highest BCUT2D eigenvalue weighted by Gasteiger charge is 2.50. The molecule has 1 saturated heterocycles. The van der Waals surface area contributed by atoms with Crippen LogP contribution in [0.2, 0.25) is 0 Å². The van der Waals surface area contributed by atoms with Crippen LogP contribution < -0.4 is 4.90 Å². The van der Waals surface area contributed by atoms with Gasteiger partial charge in [0.1, 0.15) is 5.82 Å². The Hall–Kier alpha value is -3.02. The lowest BCUT2D eigenvalue weighted by Gasteiger charge is -2.39. The zero-order valence-electron chi connectivity index (χ0n) is 17.6. The van der Waals surface area contributed by atoms with E-state index in [1.807, 2.05) is 18.2 Å². The Bertz CT molecular complexity index is 1140. The van der Waals surface area contributed by atoms with Gasteiger partial charge in [0, 0.05) is 35.7 Å². The first kappa shape index (κ1) is 19.0. The molecule has 0 amide bonds. The molecule has 1 aromatic heterocycles. The summed E-state index contributed by atoms with van der Waals surface area (Å²) in [7, 11) is 0. The summed E-state index contributed by atoms with van der Waals surface area (Å²) in [6.07, 6.45) is 3.58. The SMILES string of the molecule is CC1(C)C[C@H]2C[C@](C)(CN2c2nc(-c3ccc([N+](=O)[O-])cc3)nc3ccccc23)C1. The maximum Gasteiger partial charge on any atom is 0.269 e. The van der Waals surface area contributed by atoms with Gasteiger partial charge >= 0.3 is 0 Å². The van der Waals surface area contributed by atoms with E-state index in [9.17, 15) is 10.1 Å². The van der Waals surface area contributed by atoms with Crippen LogP contribution in [0.15, 0.2) is 48.5 Å². The van der Waals surface area contributed by atoms with Gasteiger partial charge in [-0.2, -0.15) is 0 Å². The van der Waals surface area contributed by atoms with Gasteiger partial charge in [0.05, 0.1) is 10.4 Å². The fraction of sp³-hybridized carbons (Fsp3) is 0.417. The quantitative estimate of drug-likeness (QED) is 0.420. The first-order valence-corrected chi connectivity index (χ1v) is 10.5. The van der Waals surface area contributed by atoms with Crippen molar-refractivity contribution < 1.29 is 4.92 Å². The van der Waals surface area contributed by atoms with Crippen LogP contribution in [0.25, 0.3) is 22.3 Å². The molecule has 1 saturated carbocycles. The lowest BCUT2D eigenvalue weighted by molar-refractivity contribution is -0.384. The van der Waals surface area contributed by atoms with Crippen LogP contribution >= 0.6 is 0 Å². The lowest BCUT2D eigenvalue weighted by Crippen LogP contribution is -2.35. The Morgan fingerprint density at radius 1 is 1.03 bits per heavy atom. The van der Waals surface area contributed by atoms with E-state index in [4.69, 9.17) is 9.97 Å². The largest absolute Gasteiger partial charge is 0.352 e. The van der Waals surface area contributed by atoms with Crippen LogP contribution in [-0.4, -0.2) is 27.5 Å². The summed E-state index contributed by atoms with van der Waals surface area (Å²) in [5.41, 5.74) is 2.40. The molecule has 2 aliphatic rings. The second kappa shape index (κ2) is 6.49. The number of hydrogen-bond acceptors (Lipinski definition) is 5. The predicted molar refractivity (Wildman–Crippen MR) is 119 cm³/mol. The lowest BCUT2D eigenvalue weighted by atomic mass is 9.65. The predicted octanol–water partition coefficient (Wildman–Crippen LogP) is 5.61. The molecule has 2 heterocycles. The topological polar surface area (TPSA) is 72.2 Å². The van der Waals surface area contributed by atoms with Crippen LogP contribution in [0.3, 0.4) is 0 Å². The fourth-order valence-corrected chi connectivity index (χ4v) is 5.85. The molecule has 6 heteroatoms. The van der Waals surface area contributed by atoms with Crippen molar-refractivity contribution >= 4 is 22.4 Å². The van der Waals surface area contributed by atoms with Gasteiger partial charge < -0.3 is 4.90 Å². The minimum Gasteiger partial charge on any atom is -0.352 e. The molecule has 0 spiro atoms. The Balaban J connectivity index is 1.63. The summed E-state index contributed by atoms with van der Waals surface area (Å²) in [6, 6.07) is 15.1. The molecule has 0 radical (unpaired) electrons. The van der Waals surface area contributed by atoms with E-state index in [2.05, 4.69) is 31.7 Å². The van der Waals surface area contributed by atoms with Gasteiger partial charge in [-0.1, -0.05) is 32.9 Å². The minimum absolute atomic E-state index is 0.0725. The summed E-state index contributed by atoms with van der Waals surface area (Å²) in [5, 5.41) is 12.1. The normalized spacial score (nSPS) is 24.9. The highest BCUT2D eigenvalue weighted by Crippen LogP contribution is 2.53. The first-order valence-electron chi connectivity index (χ1n) is 10.5. The van der Waals surface area contributed by atoms with Crippen LogP contribution in [0.5, 0.6) is 0 Å². The summed E-state index contributed by atoms with van der Waals surface area (Å²) in [5.74, 6) is 1.60. The molecule has 154 valence electrons. The monoisotopic (exact) mass is 402 g/mol. The van der Waals surface area contributed by atoms with E-state index in [0.717, 1.165) is 35.2 Å². The number of anilines is 1. The Labute approximate surface area is 176 Å². The number of benzene rings is 2. The molecular weight excluding hydrogens is 376 g/mol. The van der Waals surface area contributed by atoms with Crippen molar-refractivity contribution in [2.75, 3.05) is 11.4 Å². The van der Waals surface area contributed by atoms with E-state index >= 15 is 0 Å². The molecule has 0 N–H and O–H groups in total. The molecule has 1 aliphatic carbocycles. The van der Waals surface area contributed by atoms with Crippen LogP contribution in [0.4, 0.5) is 11.5 Å². The van der Waals surface area contributed by atoms with Crippen molar-refractivity contribution in [3.63, 3.8) is 0 Å². The highest BCUT2D eigenvalue weighted by molar-refractivity contribution is 5.91. The van der Waals surface area contributed by atoms with E-state index in [1.165, 1.54) is 25.0 Å². The van der Waals surface area contributed by atoms with Gasteiger partial charge in [0.2, 0.25) is 0 Å². The first-order chi connectivity index (χ1) is 14.2. The molecule has 30 heavy (non-hydrogen) atoms. The third kappa shape index (κ3) is 3.20. The molecular formula is C24H26N4O2. The summed E-state index contributed by atoms with van der Waals surface area (Å²) in [4.78, 5) is 22.9. The Morgan fingerprint density at radius 2 is 1.77 bits per heavy atom. The van der Waals surface area contributed by atoms with Crippen molar-refractivity contribution in [3.8, 4) is 11.4 Å². The second-order valence-electron chi connectivity index (χ2n) is 10.0. The maximum atomic E-state index is 11.0. The van der Waals surface area contributed by atoms with E-state index in [0.29, 0.717) is 22.7 Å². The summed E-state index contributed by atoms with van der Waals surface area (Å²) < 4.78 is 0. The summed E-state index contributed by atoms with van der Waals surface area (Å²) >= 11 is 0. The van der Waals surface area contributed by atoms with Gasteiger partial charge in [-0.05, 0) is 54.4 Å². The number of aromatic nitrogens is 2. The minimum atomic E-state index is -0.386. The summed E-state index contributed by atoms with van der Waals surface area (Å²) in [6.45, 7) is 8.16. The van der Waals surface area contributed by atoms with Crippen molar-refractivity contribution in [2.24, 2.45) is 10.8 Å². The van der Waals surface area contributed by atoms with Crippen molar-refractivity contribution in [3.05, 3.63) is 58.6 Å². The molecule has 2 atom stereocenters. The van der Waals surface area contributed by atoms with Gasteiger partial charge in [-0.3, -0.25) is 10.1 Å². The van der Waals surface area contributed by atoms with Crippen LogP contribution in [-0.2, 0) is 0 Å². The average Bonchev–Trinajstić information content (AvgIpc) is 2.95. The highest BCUT2D eigenvalue weighted by atomic mass is 16.6. The number of rotatable bonds is 3. The Kier molecular flexibility index (Phi) is 4.10.